The first-order chi connectivity index (χ1) is 18.9. The highest BCUT2D eigenvalue weighted by molar-refractivity contribution is 5.96. The molecule has 4 aromatic rings. The molecule has 0 bridgehead atoms. The van der Waals surface area contributed by atoms with Gasteiger partial charge < -0.3 is 14.6 Å². The second-order valence-corrected chi connectivity index (χ2v) is 9.16. The fraction of sp³-hybridized carbons (Fsp3) is 0.258. The Morgan fingerprint density at radius 3 is 2.15 bits per heavy atom. The lowest BCUT2D eigenvalue weighted by atomic mass is 9.98. The zero-order valence-electron chi connectivity index (χ0n) is 22.3. The molecule has 8 nitrogen and oxygen atoms in total. The van der Waals surface area contributed by atoms with Gasteiger partial charge in [-0.15, -0.1) is 0 Å². The molecule has 4 rings (SSSR count). The van der Waals surface area contributed by atoms with E-state index in [0.717, 1.165) is 28.5 Å². The maximum absolute atomic E-state index is 13.9. The quantitative estimate of drug-likeness (QED) is 0.262. The molecule has 0 saturated carbocycles. The zero-order chi connectivity index (χ0) is 27.9. The Hall–Kier alpha value is -4.27. The first-order valence-electron chi connectivity index (χ1n) is 12.8. The average Bonchev–Trinajstić information content (AvgIpc) is 3.23. The summed E-state index contributed by atoms with van der Waals surface area (Å²) in [5.41, 5.74) is 3.40. The van der Waals surface area contributed by atoms with E-state index in [1.54, 1.807) is 53.1 Å². The Balaban J connectivity index is 1.81. The van der Waals surface area contributed by atoms with Crippen LogP contribution < -0.4 is 5.69 Å². The topological polar surface area (TPSA) is 99.8 Å². The van der Waals surface area contributed by atoms with Gasteiger partial charge in [0.1, 0.15) is 5.69 Å². The molecular weight excluding hydrogens is 496 g/mol. The maximum atomic E-state index is 13.9. The van der Waals surface area contributed by atoms with Crippen molar-refractivity contribution >= 4 is 11.9 Å². The van der Waals surface area contributed by atoms with Crippen LogP contribution in [0.4, 0.5) is 0 Å². The summed E-state index contributed by atoms with van der Waals surface area (Å²) in [6.07, 6.45) is 1.35. The number of aromatic nitrogens is 2. The van der Waals surface area contributed by atoms with Crippen LogP contribution in [0.2, 0.25) is 0 Å². The van der Waals surface area contributed by atoms with E-state index >= 15 is 0 Å². The van der Waals surface area contributed by atoms with Crippen LogP contribution in [0, 0.1) is 0 Å². The predicted octanol–water partition coefficient (Wildman–Crippen LogP) is 5.39. The Morgan fingerprint density at radius 2 is 1.54 bits per heavy atom. The molecule has 0 fully saturated rings. The van der Waals surface area contributed by atoms with E-state index in [9.17, 15) is 19.5 Å². The van der Waals surface area contributed by atoms with Gasteiger partial charge in [-0.3, -0.25) is 9.36 Å². The molecule has 0 spiro atoms. The van der Waals surface area contributed by atoms with Crippen LogP contribution in [-0.4, -0.2) is 40.3 Å². The van der Waals surface area contributed by atoms with E-state index in [1.165, 1.54) is 14.2 Å². The highest BCUT2D eigenvalue weighted by atomic mass is 16.7. The third-order valence-electron chi connectivity index (χ3n) is 6.69. The van der Waals surface area contributed by atoms with Crippen LogP contribution in [0.3, 0.4) is 0 Å². The molecule has 1 heterocycles. The summed E-state index contributed by atoms with van der Waals surface area (Å²) in [6, 6.07) is 22.9. The summed E-state index contributed by atoms with van der Waals surface area (Å²) < 4.78 is 13.9. The number of ether oxygens (including phenoxy) is 2. The molecule has 3 aromatic carbocycles. The van der Waals surface area contributed by atoms with Crippen LogP contribution >= 0.6 is 0 Å². The van der Waals surface area contributed by atoms with Gasteiger partial charge in [-0.1, -0.05) is 74.0 Å². The molecule has 202 valence electrons. The highest BCUT2D eigenvalue weighted by Crippen LogP contribution is 2.27. The van der Waals surface area contributed by atoms with Crippen molar-refractivity contribution in [3.05, 3.63) is 117 Å². The average molecular weight is 529 g/mol. The van der Waals surface area contributed by atoms with Crippen molar-refractivity contribution in [3.63, 3.8) is 0 Å². The van der Waals surface area contributed by atoms with Crippen LogP contribution in [0.5, 0.6) is 0 Å². The maximum Gasteiger partial charge on any atom is 0.336 e. The third-order valence-corrected chi connectivity index (χ3v) is 6.69. The number of carboxylic acid groups (broad SMARTS) is 1. The number of nitrogens with zero attached hydrogens (tertiary/aromatic N) is 2. The highest BCUT2D eigenvalue weighted by Gasteiger charge is 2.30. The van der Waals surface area contributed by atoms with Crippen LogP contribution in [0.1, 0.15) is 63.7 Å². The number of rotatable bonds is 11. The number of imidazole rings is 1. The summed E-state index contributed by atoms with van der Waals surface area (Å²) in [4.78, 5) is 39.1. The van der Waals surface area contributed by atoms with E-state index in [2.05, 4.69) is 6.92 Å². The third kappa shape index (κ3) is 5.77. The first kappa shape index (κ1) is 27.8. The Bertz CT molecular complexity index is 1500. The molecular formula is C31H32N2O6. The van der Waals surface area contributed by atoms with Gasteiger partial charge in [-0.25, -0.2) is 14.2 Å². The van der Waals surface area contributed by atoms with Crippen molar-refractivity contribution in [1.29, 1.82) is 0 Å². The summed E-state index contributed by atoms with van der Waals surface area (Å²) >= 11 is 0. The first-order valence-corrected chi connectivity index (χ1v) is 12.8. The number of carbonyl (C=O) groups is 2. The lowest BCUT2D eigenvalue weighted by molar-refractivity contribution is -0.110. The monoisotopic (exact) mass is 528 g/mol. The van der Waals surface area contributed by atoms with E-state index < -0.39 is 23.9 Å². The standard InChI is InChI=1S/C31H32N2O6/c1-4-5-15-26-27(30(38-2)39-3)33(28(34)23-11-7-6-8-12-23)31(37)32(26)20-21-16-18-22(19-17-21)24-13-9-10-14-25(24)29(35)36/h6-14,16-19,30H,4-5,15,20H2,1-3H3,(H,35,36). The minimum atomic E-state index is -0.996. The lowest BCUT2D eigenvalue weighted by Crippen LogP contribution is -2.31. The Morgan fingerprint density at radius 1 is 0.897 bits per heavy atom. The van der Waals surface area contributed by atoms with E-state index in [4.69, 9.17) is 9.47 Å². The molecule has 0 atom stereocenters. The van der Waals surface area contributed by atoms with Crippen LogP contribution in [0.25, 0.3) is 11.1 Å². The molecule has 0 saturated heterocycles. The number of carboxylic acids is 1. The molecule has 1 N–H and O–H groups in total. The lowest BCUT2D eigenvalue weighted by Gasteiger charge is -2.17. The van der Waals surface area contributed by atoms with Crippen LogP contribution in [0.15, 0.2) is 83.7 Å². The number of hydrogen-bond donors (Lipinski definition) is 1. The number of carbonyl (C=O) groups excluding carboxylic acids is 1. The Kier molecular flexibility index (Phi) is 8.91. The summed E-state index contributed by atoms with van der Waals surface area (Å²) in [5, 5.41) is 9.56. The molecule has 0 radical (unpaired) electrons. The van der Waals surface area contributed by atoms with Crippen LogP contribution in [-0.2, 0) is 22.4 Å². The molecule has 0 aliphatic carbocycles. The summed E-state index contributed by atoms with van der Waals surface area (Å²) in [7, 11) is 2.95. The van der Waals surface area contributed by atoms with E-state index in [1.807, 2.05) is 30.3 Å². The molecule has 8 heteroatoms. The van der Waals surface area contributed by atoms with Gasteiger partial charge >= 0.3 is 11.7 Å². The Labute approximate surface area is 227 Å². The van der Waals surface area contributed by atoms with Crippen molar-refractivity contribution in [2.24, 2.45) is 0 Å². The van der Waals surface area contributed by atoms with Crippen molar-refractivity contribution in [3.8, 4) is 11.1 Å². The number of benzene rings is 3. The zero-order valence-corrected chi connectivity index (χ0v) is 22.3. The number of methoxy groups -OCH3 is 2. The predicted molar refractivity (Wildman–Crippen MR) is 148 cm³/mol. The van der Waals surface area contributed by atoms with Crippen molar-refractivity contribution < 1.29 is 24.2 Å². The summed E-state index contributed by atoms with van der Waals surface area (Å²) in [6.45, 7) is 2.28. The van der Waals surface area contributed by atoms with Crippen molar-refractivity contribution in [2.75, 3.05) is 14.2 Å². The molecule has 0 aliphatic heterocycles. The van der Waals surface area contributed by atoms with Gasteiger partial charge in [0.05, 0.1) is 12.1 Å². The van der Waals surface area contributed by atoms with Gasteiger partial charge in [0.2, 0.25) is 6.29 Å². The second kappa shape index (κ2) is 12.5. The minimum absolute atomic E-state index is 0.217. The van der Waals surface area contributed by atoms with E-state index in [0.29, 0.717) is 28.9 Å². The SMILES string of the molecule is CCCCc1c(C(OC)OC)n(C(=O)c2ccccc2)c(=O)n1Cc1ccc(-c2ccccc2C(=O)O)cc1. The largest absolute Gasteiger partial charge is 0.478 e. The van der Waals surface area contributed by atoms with Gasteiger partial charge in [-0.05, 0) is 47.7 Å². The molecule has 39 heavy (non-hydrogen) atoms. The van der Waals surface area contributed by atoms with E-state index in [-0.39, 0.29) is 12.1 Å². The van der Waals surface area contributed by atoms with Gasteiger partial charge in [0.15, 0.2) is 0 Å². The van der Waals surface area contributed by atoms with Crippen molar-refractivity contribution in [2.45, 2.75) is 39.0 Å². The fourth-order valence-electron chi connectivity index (χ4n) is 4.74. The minimum Gasteiger partial charge on any atom is -0.478 e. The number of unbranched alkanes of at least 4 members (excludes halogenated alkanes) is 1. The fourth-order valence-corrected chi connectivity index (χ4v) is 4.74. The van der Waals surface area contributed by atoms with Gasteiger partial charge in [0, 0.05) is 25.5 Å². The number of hydrogen-bond acceptors (Lipinski definition) is 5. The smallest absolute Gasteiger partial charge is 0.336 e. The second-order valence-electron chi connectivity index (χ2n) is 9.16. The summed E-state index contributed by atoms with van der Waals surface area (Å²) in [5.74, 6) is -1.45. The molecule has 1 aromatic heterocycles. The number of aromatic carboxylic acids is 1. The van der Waals surface area contributed by atoms with Gasteiger partial charge in [-0.2, -0.15) is 0 Å². The van der Waals surface area contributed by atoms with Crippen molar-refractivity contribution in [1.82, 2.24) is 9.13 Å². The molecule has 0 aliphatic rings. The molecule has 0 unspecified atom stereocenters. The van der Waals surface area contributed by atoms with Gasteiger partial charge in [0.25, 0.3) is 5.91 Å². The molecule has 0 amide bonds. The normalized spacial score (nSPS) is 11.2.